The van der Waals surface area contributed by atoms with Gasteiger partial charge >= 0.3 is 0 Å². The summed E-state index contributed by atoms with van der Waals surface area (Å²) in [5, 5.41) is 0. The summed E-state index contributed by atoms with van der Waals surface area (Å²) in [6.07, 6.45) is 25.2. The summed E-state index contributed by atoms with van der Waals surface area (Å²) >= 11 is 0. The van der Waals surface area contributed by atoms with Crippen LogP contribution in [0, 0.1) is 0 Å². The summed E-state index contributed by atoms with van der Waals surface area (Å²) in [6.45, 7) is 5.38. The molecule has 0 spiro atoms. The highest BCUT2D eigenvalue weighted by molar-refractivity contribution is 4.81. The minimum Gasteiger partial charge on any atom is -0.363 e. The molecule has 0 aromatic carbocycles. The number of nitrogens with zero attached hydrogens (tertiary/aromatic N) is 1. The fourth-order valence-corrected chi connectivity index (χ4v) is 3.20. The van der Waals surface area contributed by atoms with E-state index in [4.69, 9.17) is 4.74 Å². The van der Waals surface area contributed by atoms with Crippen LogP contribution in [-0.4, -0.2) is 31.8 Å². The Labute approximate surface area is 159 Å². The molecule has 0 aromatic rings. The lowest BCUT2D eigenvalue weighted by molar-refractivity contribution is -0.0391. The Morgan fingerprint density at radius 2 is 1.16 bits per heavy atom. The Hall–Kier alpha value is -0.340. The lowest BCUT2D eigenvalue weighted by Crippen LogP contribution is -2.30. The van der Waals surface area contributed by atoms with Crippen LogP contribution < -0.4 is 0 Å². The van der Waals surface area contributed by atoms with Gasteiger partial charge in [-0.05, 0) is 52.6 Å². The SMILES string of the molecule is CCCCCCCC/C=C\CCCCCCCCOC(CC)N(C)C. The third-order valence-electron chi connectivity index (χ3n) is 4.89. The smallest absolute Gasteiger partial charge is 0.109 e. The molecular formula is C23H47NO. The molecule has 1 atom stereocenters. The Balaban J connectivity index is 3.19. The molecule has 25 heavy (non-hydrogen) atoms. The van der Waals surface area contributed by atoms with Crippen LogP contribution in [0.15, 0.2) is 12.2 Å². The van der Waals surface area contributed by atoms with Crippen molar-refractivity contribution in [3.63, 3.8) is 0 Å². The summed E-state index contributed by atoms with van der Waals surface area (Å²) in [5.41, 5.74) is 0. The van der Waals surface area contributed by atoms with Crippen molar-refractivity contribution in [1.82, 2.24) is 4.90 Å². The molecule has 0 saturated carbocycles. The van der Waals surface area contributed by atoms with Crippen molar-refractivity contribution in [3.05, 3.63) is 12.2 Å². The van der Waals surface area contributed by atoms with E-state index in [0.717, 1.165) is 13.0 Å². The van der Waals surface area contributed by atoms with Gasteiger partial charge in [0.2, 0.25) is 0 Å². The van der Waals surface area contributed by atoms with Gasteiger partial charge in [0.15, 0.2) is 0 Å². The largest absolute Gasteiger partial charge is 0.363 e. The van der Waals surface area contributed by atoms with Gasteiger partial charge in [-0.1, -0.05) is 83.8 Å². The van der Waals surface area contributed by atoms with Crippen LogP contribution in [-0.2, 0) is 4.74 Å². The fraction of sp³-hybridized carbons (Fsp3) is 0.913. The molecule has 0 N–H and O–H groups in total. The maximum Gasteiger partial charge on any atom is 0.109 e. The first-order chi connectivity index (χ1) is 12.2. The van der Waals surface area contributed by atoms with Crippen molar-refractivity contribution in [2.45, 2.75) is 116 Å². The minimum atomic E-state index is 0.295. The molecular weight excluding hydrogens is 306 g/mol. The van der Waals surface area contributed by atoms with Crippen LogP contribution in [0.4, 0.5) is 0 Å². The van der Waals surface area contributed by atoms with Crippen molar-refractivity contribution < 1.29 is 4.74 Å². The zero-order valence-electron chi connectivity index (χ0n) is 17.9. The standard InChI is InChI=1S/C23H47NO/c1-5-7-8-9-10-11-12-13-14-15-16-17-18-19-20-21-22-25-23(6-2)24(3)4/h13-14,23H,5-12,15-22H2,1-4H3/b14-13-. The van der Waals surface area contributed by atoms with Gasteiger partial charge in [0.25, 0.3) is 0 Å². The van der Waals surface area contributed by atoms with Gasteiger partial charge in [-0.2, -0.15) is 0 Å². The average Bonchev–Trinajstić information content (AvgIpc) is 2.60. The quantitative estimate of drug-likeness (QED) is 0.137. The van der Waals surface area contributed by atoms with Crippen LogP contribution in [0.25, 0.3) is 0 Å². The molecule has 0 aliphatic rings. The summed E-state index contributed by atoms with van der Waals surface area (Å²) in [7, 11) is 4.19. The molecule has 0 saturated heterocycles. The molecule has 0 aliphatic carbocycles. The van der Waals surface area contributed by atoms with Crippen molar-refractivity contribution >= 4 is 0 Å². The molecule has 0 amide bonds. The lowest BCUT2D eigenvalue weighted by Gasteiger charge is -2.23. The highest BCUT2D eigenvalue weighted by atomic mass is 16.5. The Bertz CT molecular complexity index is 275. The molecule has 0 aliphatic heterocycles. The predicted molar refractivity (Wildman–Crippen MR) is 113 cm³/mol. The molecule has 0 fully saturated rings. The topological polar surface area (TPSA) is 12.5 Å². The van der Waals surface area contributed by atoms with E-state index in [9.17, 15) is 0 Å². The molecule has 0 aromatic heterocycles. The molecule has 2 nitrogen and oxygen atoms in total. The zero-order chi connectivity index (χ0) is 18.6. The first kappa shape index (κ1) is 24.7. The van der Waals surface area contributed by atoms with Crippen molar-refractivity contribution in [2.24, 2.45) is 0 Å². The molecule has 1 unspecified atom stereocenters. The van der Waals surface area contributed by atoms with E-state index in [2.05, 4.69) is 45.0 Å². The lowest BCUT2D eigenvalue weighted by atomic mass is 10.1. The van der Waals surface area contributed by atoms with Crippen LogP contribution in [0.5, 0.6) is 0 Å². The van der Waals surface area contributed by atoms with Gasteiger partial charge in [0, 0.05) is 6.61 Å². The van der Waals surface area contributed by atoms with E-state index in [0.29, 0.717) is 6.23 Å². The first-order valence-corrected chi connectivity index (χ1v) is 11.1. The zero-order valence-corrected chi connectivity index (χ0v) is 17.9. The Morgan fingerprint density at radius 1 is 0.680 bits per heavy atom. The van der Waals surface area contributed by atoms with Crippen LogP contribution in [0.2, 0.25) is 0 Å². The van der Waals surface area contributed by atoms with Gasteiger partial charge in [-0.15, -0.1) is 0 Å². The van der Waals surface area contributed by atoms with Crippen molar-refractivity contribution in [2.75, 3.05) is 20.7 Å². The predicted octanol–water partition coefficient (Wildman–Crippen LogP) is 7.34. The maximum atomic E-state index is 5.89. The molecule has 2 heteroatoms. The number of rotatable bonds is 19. The first-order valence-electron chi connectivity index (χ1n) is 11.1. The number of ether oxygens (including phenoxy) is 1. The van der Waals surface area contributed by atoms with E-state index >= 15 is 0 Å². The Kier molecular flexibility index (Phi) is 19.7. The summed E-state index contributed by atoms with van der Waals surface area (Å²) in [6, 6.07) is 0. The second kappa shape index (κ2) is 20.0. The van der Waals surface area contributed by atoms with Crippen molar-refractivity contribution in [1.29, 1.82) is 0 Å². The normalized spacial score (nSPS) is 13.2. The number of hydrogen-bond donors (Lipinski definition) is 0. The Morgan fingerprint density at radius 3 is 1.64 bits per heavy atom. The summed E-state index contributed by atoms with van der Waals surface area (Å²) in [5.74, 6) is 0. The number of hydrogen-bond acceptors (Lipinski definition) is 2. The van der Waals surface area contributed by atoms with Gasteiger partial charge < -0.3 is 4.74 Å². The monoisotopic (exact) mass is 353 g/mol. The van der Waals surface area contributed by atoms with E-state index in [1.54, 1.807) is 0 Å². The van der Waals surface area contributed by atoms with Crippen LogP contribution in [0.3, 0.4) is 0 Å². The average molecular weight is 354 g/mol. The fourth-order valence-electron chi connectivity index (χ4n) is 3.20. The minimum absolute atomic E-state index is 0.295. The summed E-state index contributed by atoms with van der Waals surface area (Å²) < 4.78 is 5.89. The molecule has 0 rings (SSSR count). The van der Waals surface area contributed by atoms with Gasteiger partial charge in [-0.25, -0.2) is 0 Å². The number of allylic oxidation sites excluding steroid dienone is 2. The molecule has 0 heterocycles. The second-order valence-electron chi connectivity index (χ2n) is 7.64. The van der Waals surface area contributed by atoms with E-state index in [-0.39, 0.29) is 0 Å². The van der Waals surface area contributed by atoms with Gasteiger partial charge in [0.1, 0.15) is 6.23 Å². The van der Waals surface area contributed by atoms with Crippen LogP contribution in [0.1, 0.15) is 110 Å². The maximum absolute atomic E-state index is 5.89. The van der Waals surface area contributed by atoms with E-state index in [1.807, 2.05) is 0 Å². The second-order valence-corrected chi connectivity index (χ2v) is 7.64. The van der Waals surface area contributed by atoms with Crippen LogP contribution >= 0.6 is 0 Å². The number of unbranched alkanes of at least 4 members (excludes halogenated alkanes) is 12. The molecule has 150 valence electrons. The van der Waals surface area contributed by atoms with E-state index in [1.165, 1.54) is 89.9 Å². The highest BCUT2D eigenvalue weighted by Crippen LogP contribution is 2.10. The third-order valence-corrected chi connectivity index (χ3v) is 4.89. The highest BCUT2D eigenvalue weighted by Gasteiger charge is 2.07. The van der Waals surface area contributed by atoms with Gasteiger partial charge in [0.05, 0.1) is 0 Å². The third kappa shape index (κ3) is 18.3. The van der Waals surface area contributed by atoms with Gasteiger partial charge in [-0.3, -0.25) is 4.90 Å². The molecule has 0 radical (unpaired) electrons. The summed E-state index contributed by atoms with van der Waals surface area (Å²) in [4.78, 5) is 2.17. The van der Waals surface area contributed by atoms with Crippen molar-refractivity contribution in [3.8, 4) is 0 Å². The molecule has 0 bridgehead atoms. The van der Waals surface area contributed by atoms with E-state index < -0.39 is 0 Å².